The minimum atomic E-state index is -0.355. The number of anilines is 1. The molecule has 19 heavy (non-hydrogen) atoms. The quantitative estimate of drug-likeness (QED) is 0.865. The topological polar surface area (TPSA) is 52.3 Å². The third-order valence-corrected chi connectivity index (χ3v) is 3.61. The second-order valence-corrected chi connectivity index (χ2v) is 5.57. The van der Waals surface area contributed by atoms with Gasteiger partial charge < -0.3 is 10.5 Å². The minimum absolute atomic E-state index is 0.156. The number of aryl methyl sites for hydroxylation is 1. The number of nitrogen functional groups attached to an aromatic ring is 1. The van der Waals surface area contributed by atoms with Gasteiger partial charge >= 0.3 is 5.97 Å². The first kappa shape index (κ1) is 13.6. The molecule has 1 aromatic heterocycles. The van der Waals surface area contributed by atoms with Crippen LogP contribution < -0.4 is 5.73 Å². The number of benzene rings is 1. The molecule has 0 saturated carbocycles. The zero-order valence-corrected chi connectivity index (χ0v) is 12.1. The summed E-state index contributed by atoms with van der Waals surface area (Å²) in [5.41, 5.74) is 9.39. The maximum Gasteiger partial charge on any atom is 0.342 e. The number of ether oxygens (including phenoxy) is 1. The standard InChI is InChI=1S/C15H17NO2S/c1-9(2)18-15(17)13-12(8-19-14(13)16)11-7-5-4-6-10(11)3/h4-9H,16H2,1-3H3. The molecular weight excluding hydrogens is 258 g/mol. The van der Waals surface area contributed by atoms with Crippen LogP contribution in [-0.2, 0) is 4.74 Å². The molecule has 0 aliphatic carbocycles. The summed E-state index contributed by atoms with van der Waals surface area (Å²) < 4.78 is 5.27. The van der Waals surface area contributed by atoms with Crippen LogP contribution in [0.2, 0.25) is 0 Å². The Bertz CT molecular complexity index is 602. The van der Waals surface area contributed by atoms with Gasteiger partial charge in [0.25, 0.3) is 0 Å². The fraction of sp³-hybridized carbons (Fsp3) is 0.267. The van der Waals surface area contributed by atoms with Crippen molar-refractivity contribution in [1.29, 1.82) is 0 Å². The summed E-state index contributed by atoms with van der Waals surface area (Å²) in [6, 6.07) is 7.93. The molecule has 0 aliphatic rings. The Hall–Kier alpha value is -1.81. The molecule has 2 N–H and O–H groups in total. The highest BCUT2D eigenvalue weighted by Gasteiger charge is 2.21. The third kappa shape index (κ3) is 2.79. The van der Waals surface area contributed by atoms with Gasteiger partial charge in [0, 0.05) is 10.9 Å². The minimum Gasteiger partial charge on any atom is -0.459 e. The molecule has 0 radical (unpaired) electrons. The van der Waals surface area contributed by atoms with Gasteiger partial charge in [0.05, 0.1) is 6.10 Å². The van der Waals surface area contributed by atoms with Crippen LogP contribution in [0, 0.1) is 6.92 Å². The lowest BCUT2D eigenvalue weighted by Crippen LogP contribution is -2.13. The molecule has 4 heteroatoms. The summed E-state index contributed by atoms with van der Waals surface area (Å²) in [6.07, 6.45) is -0.156. The first-order valence-corrected chi connectivity index (χ1v) is 7.02. The van der Waals surface area contributed by atoms with Gasteiger partial charge in [-0.3, -0.25) is 0 Å². The highest BCUT2D eigenvalue weighted by molar-refractivity contribution is 7.15. The Labute approximate surface area is 117 Å². The molecule has 3 nitrogen and oxygen atoms in total. The van der Waals surface area contributed by atoms with Crippen LogP contribution in [0.25, 0.3) is 11.1 Å². The van der Waals surface area contributed by atoms with Gasteiger partial charge in [0.15, 0.2) is 0 Å². The van der Waals surface area contributed by atoms with E-state index in [-0.39, 0.29) is 12.1 Å². The molecule has 0 aliphatic heterocycles. The number of esters is 1. The van der Waals surface area contributed by atoms with Crippen molar-refractivity contribution in [2.75, 3.05) is 5.73 Å². The van der Waals surface area contributed by atoms with E-state index in [0.29, 0.717) is 10.6 Å². The van der Waals surface area contributed by atoms with Gasteiger partial charge in [-0.15, -0.1) is 11.3 Å². The molecule has 0 amide bonds. The van der Waals surface area contributed by atoms with Crippen LogP contribution in [0.3, 0.4) is 0 Å². The Kier molecular flexibility index (Phi) is 3.90. The van der Waals surface area contributed by atoms with Gasteiger partial charge in [-0.2, -0.15) is 0 Å². The van der Waals surface area contributed by atoms with Gasteiger partial charge in [-0.05, 0) is 31.9 Å². The second kappa shape index (κ2) is 5.45. The molecule has 0 spiro atoms. The Morgan fingerprint density at radius 2 is 1.95 bits per heavy atom. The van der Waals surface area contributed by atoms with Gasteiger partial charge in [0.2, 0.25) is 0 Å². The summed E-state index contributed by atoms with van der Waals surface area (Å²) in [4.78, 5) is 12.1. The van der Waals surface area contributed by atoms with Gasteiger partial charge in [0.1, 0.15) is 10.6 Å². The van der Waals surface area contributed by atoms with E-state index in [1.165, 1.54) is 11.3 Å². The van der Waals surface area contributed by atoms with Gasteiger partial charge in [-0.1, -0.05) is 24.3 Å². The molecule has 2 aromatic rings. The van der Waals surface area contributed by atoms with Crippen molar-refractivity contribution >= 4 is 22.3 Å². The predicted octanol–water partition coefficient (Wildman–Crippen LogP) is 3.87. The average Bonchev–Trinajstić information content (AvgIpc) is 2.70. The van der Waals surface area contributed by atoms with E-state index >= 15 is 0 Å². The molecule has 0 bridgehead atoms. The summed E-state index contributed by atoms with van der Waals surface area (Å²) in [7, 11) is 0. The summed E-state index contributed by atoms with van der Waals surface area (Å²) in [5, 5.41) is 2.41. The molecule has 1 heterocycles. The van der Waals surface area contributed by atoms with Crippen molar-refractivity contribution in [3.05, 3.63) is 40.8 Å². The number of carbonyl (C=O) groups is 1. The fourth-order valence-electron chi connectivity index (χ4n) is 1.93. The van der Waals surface area contributed by atoms with Crippen molar-refractivity contribution in [3.63, 3.8) is 0 Å². The van der Waals surface area contributed by atoms with Crippen LogP contribution in [-0.4, -0.2) is 12.1 Å². The summed E-state index contributed by atoms with van der Waals surface area (Å²) >= 11 is 1.37. The van der Waals surface area contributed by atoms with Gasteiger partial charge in [-0.25, -0.2) is 4.79 Å². The molecule has 0 unspecified atom stereocenters. The number of carbonyl (C=O) groups excluding carboxylic acids is 1. The SMILES string of the molecule is Cc1ccccc1-c1csc(N)c1C(=O)OC(C)C. The second-order valence-electron chi connectivity index (χ2n) is 4.66. The van der Waals surface area contributed by atoms with Crippen molar-refractivity contribution in [3.8, 4) is 11.1 Å². The number of thiophene rings is 1. The smallest absolute Gasteiger partial charge is 0.342 e. The Morgan fingerprint density at radius 1 is 1.26 bits per heavy atom. The third-order valence-electron chi connectivity index (χ3n) is 2.80. The lowest BCUT2D eigenvalue weighted by molar-refractivity contribution is 0.0380. The Balaban J connectivity index is 2.49. The number of hydrogen-bond acceptors (Lipinski definition) is 4. The zero-order valence-electron chi connectivity index (χ0n) is 11.3. The molecule has 2 rings (SSSR count). The van der Waals surface area contributed by atoms with Crippen LogP contribution in [0.4, 0.5) is 5.00 Å². The average molecular weight is 275 g/mol. The van der Waals surface area contributed by atoms with E-state index in [9.17, 15) is 4.79 Å². The van der Waals surface area contributed by atoms with E-state index in [1.54, 1.807) is 0 Å². The van der Waals surface area contributed by atoms with E-state index in [4.69, 9.17) is 10.5 Å². The van der Waals surface area contributed by atoms with Crippen LogP contribution in [0.5, 0.6) is 0 Å². The first-order chi connectivity index (χ1) is 9.00. The molecule has 100 valence electrons. The molecule has 1 aromatic carbocycles. The largest absolute Gasteiger partial charge is 0.459 e. The number of hydrogen-bond donors (Lipinski definition) is 1. The van der Waals surface area contributed by atoms with Crippen LogP contribution in [0.15, 0.2) is 29.6 Å². The Morgan fingerprint density at radius 3 is 2.58 bits per heavy atom. The lowest BCUT2D eigenvalue weighted by atomic mass is 9.99. The monoisotopic (exact) mass is 275 g/mol. The molecule has 0 saturated heterocycles. The first-order valence-electron chi connectivity index (χ1n) is 6.14. The lowest BCUT2D eigenvalue weighted by Gasteiger charge is -2.10. The summed E-state index contributed by atoms with van der Waals surface area (Å²) in [5.74, 6) is -0.355. The van der Waals surface area contributed by atoms with E-state index in [2.05, 4.69) is 0 Å². The molecule has 0 fully saturated rings. The number of rotatable bonds is 3. The molecular formula is C15H17NO2S. The van der Waals surface area contributed by atoms with E-state index in [1.807, 2.05) is 50.4 Å². The maximum atomic E-state index is 12.1. The normalized spacial score (nSPS) is 10.7. The molecule has 0 atom stereocenters. The van der Waals surface area contributed by atoms with Crippen LogP contribution in [0.1, 0.15) is 29.8 Å². The van der Waals surface area contributed by atoms with E-state index in [0.717, 1.165) is 16.7 Å². The van der Waals surface area contributed by atoms with Crippen molar-refractivity contribution in [2.24, 2.45) is 0 Å². The van der Waals surface area contributed by atoms with Crippen LogP contribution >= 0.6 is 11.3 Å². The van der Waals surface area contributed by atoms with Crippen molar-refractivity contribution in [2.45, 2.75) is 26.9 Å². The van der Waals surface area contributed by atoms with E-state index < -0.39 is 0 Å². The summed E-state index contributed by atoms with van der Waals surface area (Å²) in [6.45, 7) is 5.67. The van der Waals surface area contributed by atoms with Crippen molar-refractivity contribution < 1.29 is 9.53 Å². The highest BCUT2D eigenvalue weighted by Crippen LogP contribution is 2.35. The fourth-order valence-corrected chi connectivity index (χ4v) is 2.73. The highest BCUT2D eigenvalue weighted by atomic mass is 32.1. The maximum absolute atomic E-state index is 12.1. The zero-order chi connectivity index (χ0) is 14.0. The predicted molar refractivity (Wildman–Crippen MR) is 79.5 cm³/mol. The number of nitrogens with two attached hydrogens (primary N) is 1. The van der Waals surface area contributed by atoms with Crippen molar-refractivity contribution in [1.82, 2.24) is 0 Å².